The Morgan fingerprint density at radius 2 is 2.00 bits per heavy atom. The number of methoxy groups -OCH3 is 1. The van der Waals surface area contributed by atoms with Crippen LogP contribution >= 0.6 is 0 Å². The van der Waals surface area contributed by atoms with Crippen LogP contribution in [0.4, 0.5) is 17.5 Å². The lowest BCUT2D eigenvalue weighted by Gasteiger charge is -2.22. The molecule has 0 spiro atoms. The third-order valence-corrected chi connectivity index (χ3v) is 2.73. The van der Waals surface area contributed by atoms with Crippen molar-refractivity contribution < 1.29 is 4.74 Å². The maximum atomic E-state index is 5.63. The zero-order valence-corrected chi connectivity index (χ0v) is 10.7. The smallest absolute Gasteiger partial charge is 0.221 e. The fourth-order valence-corrected chi connectivity index (χ4v) is 1.81. The number of ether oxygens (including phenoxy) is 1. The van der Waals surface area contributed by atoms with Crippen LogP contribution in [-0.2, 0) is 0 Å². The van der Waals surface area contributed by atoms with E-state index >= 15 is 0 Å². The van der Waals surface area contributed by atoms with Crippen molar-refractivity contribution in [3.8, 4) is 5.75 Å². The van der Waals surface area contributed by atoms with E-state index in [9.17, 15) is 0 Å². The molecule has 2 N–H and O–H groups in total. The molecule has 0 saturated carbocycles. The molecule has 1 heterocycles. The van der Waals surface area contributed by atoms with Crippen LogP contribution in [0.2, 0.25) is 0 Å². The summed E-state index contributed by atoms with van der Waals surface area (Å²) in [5.74, 6) is 1.82. The Morgan fingerprint density at radius 1 is 1.28 bits per heavy atom. The van der Waals surface area contributed by atoms with E-state index in [0.29, 0.717) is 0 Å². The maximum Gasteiger partial charge on any atom is 0.221 e. The van der Waals surface area contributed by atoms with Gasteiger partial charge in [-0.05, 0) is 19.1 Å². The fraction of sp³-hybridized carbons (Fsp3) is 0.231. The average molecular weight is 244 g/mol. The third-order valence-electron chi connectivity index (χ3n) is 2.73. The average Bonchev–Trinajstić information content (AvgIpc) is 2.40. The molecule has 0 aliphatic rings. The SMILES string of the molecule is COc1ccccc1N(C)c1nc(N)ncc1C. The highest BCUT2D eigenvalue weighted by molar-refractivity contribution is 5.68. The van der Waals surface area contributed by atoms with Crippen molar-refractivity contribution in [2.24, 2.45) is 0 Å². The van der Waals surface area contributed by atoms with Crippen molar-refractivity contribution in [3.05, 3.63) is 36.0 Å². The van der Waals surface area contributed by atoms with Crippen LogP contribution in [0.3, 0.4) is 0 Å². The molecule has 0 bridgehead atoms. The van der Waals surface area contributed by atoms with Crippen LogP contribution in [0.5, 0.6) is 5.75 Å². The van der Waals surface area contributed by atoms with Crippen molar-refractivity contribution in [2.75, 3.05) is 24.8 Å². The first-order chi connectivity index (χ1) is 8.63. The lowest BCUT2D eigenvalue weighted by Crippen LogP contribution is -2.15. The Kier molecular flexibility index (Phi) is 3.32. The van der Waals surface area contributed by atoms with E-state index in [-0.39, 0.29) is 5.95 Å². The van der Waals surface area contributed by atoms with E-state index < -0.39 is 0 Å². The molecule has 5 nitrogen and oxygen atoms in total. The molecule has 18 heavy (non-hydrogen) atoms. The van der Waals surface area contributed by atoms with E-state index in [1.54, 1.807) is 13.3 Å². The van der Waals surface area contributed by atoms with Gasteiger partial charge in [-0.3, -0.25) is 0 Å². The number of hydrogen-bond acceptors (Lipinski definition) is 5. The van der Waals surface area contributed by atoms with Crippen LogP contribution in [0, 0.1) is 6.92 Å². The van der Waals surface area contributed by atoms with Crippen molar-refractivity contribution in [3.63, 3.8) is 0 Å². The largest absolute Gasteiger partial charge is 0.495 e. The van der Waals surface area contributed by atoms with Gasteiger partial charge in [-0.25, -0.2) is 4.98 Å². The number of aromatic nitrogens is 2. The molecule has 0 radical (unpaired) electrons. The van der Waals surface area contributed by atoms with Gasteiger partial charge >= 0.3 is 0 Å². The van der Waals surface area contributed by atoms with Crippen LogP contribution in [0.1, 0.15) is 5.56 Å². The molecule has 0 unspecified atom stereocenters. The van der Waals surface area contributed by atoms with E-state index in [1.165, 1.54) is 0 Å². The first-order valence-electron chi connectivity index (χ1n) is 5.59. The summed E-state index contributed by atoms with van der Waals surface area (Å²) in [7, 11) is 3.57. The number of anilines is 3. The maximum absolute atomic E-state index is 5.63. The summed E-state index contributed by atoms with van der Waals surface area (Å²) in [6.45, 7) is 1.95. The topological polar surface area (TPSA) is 64.3 Å². The number of benzene rings is 1. The minimum atomic E-state index is 0.261. The molecule has 0 atom stereocenters. The summed E-state index contributed by atoms with van der Waals surface area (Å²) >= 11 is 0. The van der Waals surface area contributed by atoms with E-state index in [2.05, 4.69) is 9.97 Å². The molecule has 0 saturated heterocycles. The molecular weight excluding hydrogens is 228 g/mol. The van der Waals surface area contributed by atoms with Crippen LogP contribution < -0.4 is 15.4 Å². The Balaban J connectivity index is 2.47. The standard InChI is InChI=1S/C13H16N4O/c1-9-8-15-13(14)16-12(9)17(2)10-6-4-5-7-11(10)18-3/h4-8H,1-3H3,(H2,14,15,16). The number of nitrogen functional groups attached to an aromatic ring is 1. The van der Waals surface area contributed by atoms with E-state index in [0.717, 1.165) is 22.8 Å². The number of para-hydroxylation sites is 2. The van der Waals surface area contributed by atoms with Gasteiger partial charge in [0.25, 0.3) is 0 Å². The minimum Gasteiger partial charge on any atom is -0.495 e. The molecule has 0 amide bonds. The quantitative estimate of drug-likeness (QED) is 0.896. The number of hydrogen-bond donors (Lipinski definition) is 1. The second-order valence-electron chi connectivity index (χ2n) is 3.97. The van der Waals surface area contributed by atoms with Gasteiger partial charge in [0.15, 0.2) is 0 Å². The zero-order valence-electron chi connectivity index (χ0n) is 10.7. The molecular formula is C13H16N4O. The first kappa shape index (κ1) is 12.2. The van der Waals surface area contributed by atoms with E-state index in [1.807, 2.05) is 43.1 Å². The highest BCUT2D eigenvalue weighted by atomic mass is 16.5. The monoisotopic (exact) mass is 244 g/mol. The van der Waals surface area contributed by atoms with Crippen molar-refractivity contribution in [2.45, 2.75) is 6.92 Å². The number of aryl methyl sites for hydroxylation is 1. The molecule has 94 valence electrons. The second-order valence-corrected chi connectivity index (χ2v) is 3.97. The molecule has 0 aliphatic carbocycles. The molecule has 1 aromatic carbocycles. The predicted octanol–water partition coefficient (Wildman–Crippen LogP) is 2.14. The highest BCUT2D eigenvalue weighted by Crippen LogP contribution is 2.32. The van der Waals surface area contributed by atoms with Gasteiger partial charge in [0.1, 0.15) is 11.6 Å². The van der Waals surface area contributed by atoms with Gasteiger partial charge < -0.3 is 15.4 Å². The van der Waals surface area contributed by atoms with Gasteiger partial charge in [-0.2, -0.15) is 4.98 Å². The Morgan fingerprint density at radius 3 is 2.72 bits per heavy atom. The Labute approximate surface area is 106 Å². The van der Waals surface area contributed by atoms with Crippen molar-refractivity contribution in [1.82, 2.24) is 9.97 Å². The summed E-state index contributed by atoms with van der Waals surface area (Å²) in [4.78, 5) is 10.2. The minimum absolute atomic E-state index is 0.261. The van der Waals surface area contributed by atoms with Crippen molar-refractivity contribution >= 4 is 17.5 Å². The van der Waals surface area contributed by atoms with Crippen LogP contribution in [0.15, 0.2) is 30.5 Å². The Hall–Kier alpha value is -2.30. The lowest BCUT2D eigenvalue weighted by molar-refractivity contribution is 0.415. The van der Waals surface area contributed by atoms with Gasteiger partial charge in [0.05, 0.1) is 12.8 Å². The molecule has 1 aromatic heterocycles. The summed E-state index contributed by atoms with van der Waals surface area (Å²) in [5.41, 5.74) is 7.52. The lowest BCUT2D eigenvalue weighted by atomic mass is 10.2. The molecule has 0 fully saturated rings. The van der Waals surface area contributed by atoms with Crippen LogP contribution in [-0.4, -0.2) is 24.1 Å². The first-order valence-corrected chi connectivity index (χ1v) is 5.59. The summed E-state index contributed by atoms with van der Waals surface area (Å²) < 4.78 is 5.34. The summed E-state index contributed by atoms with van der Waals surface area (Å²) in [5, 5.41) is 0. The fourth-order valence-electron chi connectivity index (χ4n) is 1.81. The third kappa shape index (κ3) is 2.20. The van der Waals surface area contributed by atoms with E-state index in [4.69, 9.17) is 10.5 Å². The molecule has 5 heteroatoms. The molecule has 2 aromatic rings. The Bertz CT molecular complexity index is 556. The summed E-state index contributed by atoms with van der Waals surface area (Å²) in [6.07, 6.45) is 1.71. The number of rotatable bonds is 3. The van der Waals surface area contributed by atoms with Gasteiger partial charge in [0, 0.05) is 18.8 Å². The number of nitrogens with two attached hydrogens (primary N) is 1. The normalized spacial score (nSPS) is 10.2. The van der Waals surface area contributed by atoms with Crippen LogP contribution in [0.25, 0.3) is 0 Å². The molecule has 0 aliphatic heterocycles. The summed E-state index contributed by atoms with van der Waals surface area (Å²) in [6, 6.07) is 7.76. The number of nitrogens with zero attached hydrogens (tertiary/aromatic N) is 3. The molecule has 2 rings (SSSR count). The highest BCUT2D eigenvalue weighted by Gasteiger charge is 2.13. The van der Waals surface area contributed by atoms with Gasteiger partial charge in [-0.1, -0.05) is 12.1 Å². The van der Waals surface area contributed by atoms with Crippen molar-refractivity contribution in [1.29, 1.82) is 0 Å². The predicted molar refractivity (Wildman–Crippen MR) is 72.2 cm³/mol. The second kappa shape index (κ2) is 4.91. The zero-order chi connectivity index (χ0) is 13.1. The van der Waals surface area contributed by atoms with Gasteiger partial charge in [-0.15, -0.1) is 0 Å². The van der Waals surface area contributed by atoms with Gasteiger partial charge in [0.2, 0.25) is 5.95 Å².